The second-order valence-electron chi connectivity index (χ2n) is 8.14. The Hall–Kier alpha value is -2.99. The van der Waals surface area contributed by atoms with Gasteiger partial charge in [0.05, 0.1) is 5.52 Å². The number of nitrogens with one attached hydrogen (secondary N) is 1. The minimum Gasteiger partial charge on any atom is -0.457 e. The number of fused-ring (bicyclic) bond motifs is 1. The van der Waals surface area contributed by atoms with E-state index in [1.54, 1.807) is 24.5 Å². The van der Waals surface area contributed by atoms with E-state index in [0.717, 1.165) is 30.4 Å². The molecule has 1 N–H and O–H groups in total. The van der Waals surface area contributed by atoms with Gasteiger partial charge in [-0.1, -0.05) is 6.07 Å². The molecule has 1 atom stereocenters. The predicted molar refractivity (Wildman–Crippen MR) is 118 cm³/mol. The van der Waals surface area contributed by atoms with Crippen LogP contribution in [0.2, 0.25) is 0 Å². The van der Waals surface area contributed by atoms with Crippen molar-refractivity contribution in [2.24, 2.45) is 5.92 Å². The van der Waals surface area contributed by atoms with E-state index < -0.39 is 0 Å². The maximum atomic E-state index is 12.6. The number of hydrogen-bond acceptors (Lipinski definition) is 5. The zero-order valence-electron chi connectivity index (χ0n) is 17.5. The summed E-state index contributed by atoms with van der Waals surface area (Å²) in [6, 6.07) is 13.6. The van der Waals surface area contributed by atoms with E-state index in [9.17, 15) is 4.79 Å². The van der Waals surface area contributed by atoms with Crippen LogP contribution < -0.4 is 10.1 Å². The fourth-order valence-electron chi connectivity index (χ4n) is 3.91. The van der Waals surface area contributed by atoms with Gasteiger partial charge in [-0.05, 0) is 69.5 Å². The van der Waals surface area contributed by atoms with E-state index in [4.69, 9.17) is 4.74 Å². The van der Waals surface area contributed by atoms with Crippen molar-refractivity contribution in [1.29, 1.82) is 0 Å². The molecule has 0 spiro atoms. The average molecular weight is 405 g/mol. The number of carbonyl (C=O) groups excluding carboxylic acids is 1. The number of benzene rings is 1. The zero-order valence-corrected chi connectivity index (χ0v) is 17.5. The molecule has 6 nitrogen and oxygen atoms in total. The van der Waals surface area contributed by atoms with Gasteiger partial charge < -0.3 is 15.0 Å². The number of hydrogen-bond donors (Lipinski definition) is 1. The van der Waals surface area contributed by atoms with Gasteiger partial charge in [0.25, 0.3) is 5.91 Å². The number of rotatable bonds is 6. The van der Waals surface area contributed by atoms with Crippen molar-refractivity contribution in [3.8, 4) is 11.5 Å². The Morgan fingerprint density at radius 3 is 2.90 bits per heavy atom. The molecule has 0 bridgehead atoms. The first kappa shape index (κ1) is 20.3. The van der Waals surface area contributed by atoms with Crippen LogP contribution in [0.15, 0.2) is 54.9 Å². The first-order valence-corrected chi connectivity index (χ1v) is 10.6. The molecule has 0 radical (unpaired) electrons. The van der Waals surface area contributed by atoms with Crippen molar-refractivity contribution < 1.29 is 9.53 Å². The van der Waals surface area contributed by atoms with E-state index in [1.807, 2.05) is 30.3 Å². The second kappa shape index (κ2) is 9.22. The number of amides is 1. The number of likely N-dealkylation sites (tertiary alicyclic amines) is 1. The van der Waals surface area contributed by atoms with Gasteiger partial charge in [-0.25, -0.2) is 0 Å². The standard InChI is InChI=1S/C24H28N4O2/c1-17(2)28-12-4-5-18(16-28)15-27-24(29)23-14-21(9-11-26-23)30-20-7-8-22-19(13-20)6-3-10-25-22/h3,6-11,13-14,17-18H,4-5,12,15-16H2,1-2H3,(H,27,29)/t18-/m1/s1. The van der Waals surface area contributed by atoms with Gasteiger partial charge in [0.2, 0.25) is 0 Å². The summed E-state index contributed by atoms with van der Waals surface area (Å²) in [7, 11) is 0. The Morgan fingerprint density at radius 2 is 2.03 bits per heavy atom. The first-order valence-electron chi connectivity index (χ1n) is 10.6. The molecule has 1 fully saturated rings. The molecule has 0 aliphatic carbocycles. The van der Waals surface area contributed by atoms with Crippen molar-refractivity contribution >= 4 is 16.8 Å². The van der Waals surface area contributed by atoms with Gasteiger partial charge in [-0.2, -0.15) is 0 Å². The fraction of sp³-hybridized carbons (Fsp3) is 0.375. The van der Waals surface area contributed by atoms with Crippen LogP contribution in [0, 0.1) is 5.92 Å². The molecular formula is C24H28N4O2. The van der Waals surface area contributed by atoms with E-state index >= 15 is 0 Å². The lowest BCUT2D eigenvalue weighted by atomic mass is 9.97. The quantitative estimate of drug-likeness (QED) is 0.664. The molecule has 2 aromatic heterocycles. The number of aromatic nitrogens is 2. The van der Waals surface area contributed by atoms with Gasteiger partial charge in [0, 0.05) is 43.0 Å². The number of piperidine rings is 1. The highest BCUT2D eigenvalue weighted by molar-refractivity contribution is 5.92. The molecule has 3 aromatic rings. The smallest absolute Gasteiger partial charge is 0.270 e. The summed E-state index contributed by atoms with van der Waals surface area (Å²) >= 11 is 0. The molecule has 6 heteroatoms. The Morgan fingerprint density at radius 1 is 1.17 bits per heavy atom. The normalized spacial score (nSPS) is 17.2. The third-order valence-electron chi connectivity index (χ3n) is 5.61. The Labute approximate surface area is 177 Å². The molecule has 1 amide bonds. The summed E-state index contributed by atoms with van der Waals surface area (Å²) in [5, 5.41) is 4.06. The summed E-state index contributed by atoms with van der Waals surface area (Å²) in [5.41, 5.74) is 1.28. The molecule has 0 unspecified atom stereocenters. The molecule has 30 heavy (non-hydrogen) atoms. The van der Waals surface area contributed by atoms with Crippen LogP contribution in [0.3, 0.4) is 0 Å². The maximum absolute atomic E-state index is 12.6. The summed E-state index contributed by atoms with van der Waals surface area (Å²) in [6.07, 6.45) is 5.71. The molecule has 1 saturated heterocycles. The minimum atomic E-state index is -0.162. The van der Waals surface area contributed by atoms with Crippen LogP contribution >= 0.6 is 0 Å². The highest BCUT2D eigenvalue weighted by atomic mass is 16.5. The highest BCUT2D eigenvalue weighted by Gasteiger charge is 2.22. The van der Waals surface area contributed by atoms with E-state index in [2.05, 4.69) is 34.0 Å². The molecule has 0 saturated carbocycles. The maximum Gasteiger partial charge on any atom is 0.270 e. The molecule has 4 rings (SSSR count). The van der Waals surface area contributed by atoms with Crippen LogP contribution in [0.1, 0.15) is 37.2 Å². The number of carbonyl (C=O) groups is 1. The number of pyridine rings is 2. The number of nitrogens with zero attached hydrogens (tertiary/aromatic N) is 3. The monoisotopic (exact) mass is 404 g/mol. The highest BCUT2D eigenvalue weighted by Crippen LogP contribution is 2.25. The SMILES string of the molecule is CC(C)N1CCC[C@H](CNC(=O)c2cc(Oc3ccc4ncccc4c3)ccn2)C1. The van der Waals surface area contributed by atoms with Crippen molar-refractivity contribution in [3.63, 3.8) is 0 Å². The minimum absolute atomic E-state index is 0.162. The molecule has 1 aliphatic rings. The largest absolute Gasteiger partial charge is 0.457 e. The van der Waals surface area contributed by atoms with Crippen molar-refractivity contribution in [1.82, 2.24) is 20.2 Å². The second-order valence-corrected chi connectivity index (χ2v) is 8.14. The lowest BCUT2D eigenvalue weighted by molar-refractivity contribution is 0.0917. The summed E-state index contributed by atoms with van der Waals surface area (Å²) < 4.78 is 5.96. The Kier molecular flexibility index (Phi) is 6.23. The third kappa shape index (κ3) is 4.94. The van der Waals surface area contributed by atoms with Gasteiger partial charge in [-0.15, -0.1) is 0 Å². The van der Waals surface area contributed by atoms with E-state index in [0.29, 0.717) is 35.7 Å². The topological polar surface area (TPSA) is 67.4 Å². The van der Waals surface area contributed by atoms with Gasteiger partial charge in [0.1, 0.15) is 17.2 Å². The average Bonchev–Trinajstić information content (AvgIpc) is 2.78. The van der Waals surface area contributed by atoms with E-state index in [1.165, 1.54) is 6.42 Å². The Balaban J connectivity index is 1.38. The fourth-order valence-corrected chi connectivity index (χ4v) is 3.91. The first-order chi connectivity index (χ1) is 14.6. The molecule has 1 aromatic carbocycles. The van der Waals surface area contributed by atoms with Crippen LogP contribution in [0.4, 0.5) is 0 Å². The zero-order chi connectivity index (χ0) is 20.9. The molecule has 1 aliphatic heterocycles. The van der Waals surface area contributed by atoms with E-state index in [-0.39, 0.29) is 5.91 Å². The number of ether oxygens (including phenoxy) is 1. The lowest BCUT2D eigenvalue weighted by Gasteiger charge is -2.35. The van der Waals surface area contributed by atoms with Crippen LogP contribution in [-0.2, 0) is 0 Å². The van der Waals surface area contributed by atoms with Crippen molar-refractivity contribution in [2.45, 2.75) is 32.7 Å². The molecular weight excluding hydrogens is 376 g/mol. The van der Waals surface area contributed by atoms with Gasteiger partial charge in [-0.3, -0.25) is 14.8 Å². The lowest BCUT2D eigenvalue weighted by Crippen LogP contribution is -2.43. The van der Waals surface area contributed by atoms with Gasteiger partial charge >= 0.3 is 0 Å². The molecule has 156 valence electrons. The molecule has 3 heterocycles. The van der Waals surface area contributed by atoms with Crippen LogP contribution in [0.25, 0.3) is 10.9 Å². The summed E-state index contributed by atoms with van der Waals surface area (Å²) in [4.78, 5) is 23.7. The van der Waals surface area contributed by atoms with Crippen LogP contribution in [-0.4, -0.2) is 46.5 Å². The van der Waals surface area contributed by atoms with Gasteiger partial charge in [0.15, 0.2) is 0 Å². The van der Waals surface area contributed by atoms with Crippen molar-refractivity contribution in [2.75, 3.05) is 19.6 Å². The Bertz CT molecular complexity index is 1020. The van der Waals surface area contributed by atoms with Crippen LogP contribution in [0.5, 0.6) is 11.5 Å². The predicted octanol–water partition coefficient (Wildman–Crippen LogP) is 4.27. The third-order valence-corrected chi connectivity index (χ3v) is 5.61. The van der Waals surface area contributed by atoms with Crippen molar-refractivity contribution in [3.05, 3.63) is 60.6 Å². The summed E-state index contributed by atoms with van der Waals surface area (Å²) in [6.45, 7) is 7.30. The summed E-state index contributed by atoms with van der Waals surface area (Å²) in [5.74, 6) is 1.60.